The van der Waals surface area contributed by atoms with Crippen molar-refractivity contribution in [1.29, 1.82) is 0 Å². The van der Waals surface area contributed by atoms with Gasteiger partial charge in [0, 0.05) is 24.7 Å². The Morgan fingerprint density at radius 2 is 2.28 bits per heavy atom. The maximum absolute atomic E-state index is 10.6. The van der Waals surface area contributed by atoms with E-state index in [9.17, 15) is 13.2 Å². The van der Waals surface area contributed by atoms with E-state index in [1.807, 2.05) is 23.2 Å². The van der Waals surface area contributed by atoms with Crippen LogP contribution in [-0.2, 0) is 29.2 Å². The van der Waals surface area contributed by atoms with E-state index in [1.54, 1.807) is 11.3 Å². The molecule has 1 aliphatic rings. The monoisotopic (exact) mass is 379 g/mol. The van der Waals surface area contributed by atoms with Crippen LogP contribution in [0.5, 0.6) is 0 Å². The zero-order chi connectivity index (χ0) is 18.4. The predicted molar refractivity (Wildman–Crippen MR) is 80.8 cm³/mol. The lowest BCUT2D eigenvalue weighted by Gasteiger charge is -2.24. The first kappa shape index (κ1) is 19.3. The Labute approximate surface area is 144 Å². The molecule has 2 N–H and O–H groups in total. The molecular weight excluding hydrogens is 363 g/mol. The minimum Gasteiger partial charge on any atom is -0.475 e. The Morgan fingerprint density at radius 1 is 1.56 bits per heavy atom. The summed E-state index contributed by atoms with van der Waals surface area (Å²) in [6, 6.07) is 0. The summed E-state index contributed by atoms with van der Waals surface area (Å²) >= 11 is 1.66. The molecule has 3 rings (SSSR count). The highest BCUT2D eigenvalue weighted by Crippen LogP contribution is 2.15. The van der Waals surface area contributed by atoms with Crippen LogP contribution in [0.3, 0.4) is 0 Å². The topological polar surface area (TPSA) is 102 Å². The molecule has 8 nitrogen and oxygen atoms in total. The van der Waals surface area contributed by atoms with E-state index in [0.29, 0.717) is 6.61 Å². The Morgan fingerprint density at radius 3 is 2.88 bits per heavy atom. The molecule has 1 aliphatic heterocycles. The summed E-state index contributed by atoms with van der Waals surface area (Å²) in [6.45, 7) is 4.92. The van der Waals surface area contributed by atoms with Crippen LogP contribution in [-0.4, -0.2) is 49.9 Å². The third-order valence-corrected chi connectivity index (χ3v) is 4.02. The van der Waals surface area contributed by atoms with Crippen LogP contribution in [0.1, 0.15) is 16.4 Å². The number of aromatic nitrogens is 4. The first-order chi connectivity index (χ1) is 11.8. The fourth-order valence-corrected chi connectivity index (χ4v) is 2.58. The highest BCUT2D eigenvalue weighted by Gasteiger charge is 2.38. The number of halogens is 3. The lowest BCUT2D eigenvalue weighted by atomic mass is 10.2. The molecule has 12 heteroatoms. The molecule has 2 aromatic heterocycles. The molecule has 1 atom stereocenters. The second kappa shape index (κ2) is 8.36. The van der Waals surface area contributed by atoms with Gasteiger partial charge in [-0.1, -0.05) is 5.21 Å². The lowest BCUT2D eigenvalue weighted by Crippen LogP contribution is -2.36. The van der Waals surface area contributed by atoms with Crippen molar-refractivity contribution < 1.29 is 27.8 Å². The number of aliphatic carboxylic acids is 1. The van der Waals surface area contributed by atoms with Crippen molar-refractivity contribution in [3.05, 3.63) is 28.0 Å². The molecule has 25 heavy (non-hydrogen) atoms. The third kappa shape index (κ3) is 5.76. The molecule has 0 aromatic carbocycles. The molecule has 0 saturated carbocycles. The van der Waals surface area contributed by atoms with Gasteiger partial charge in [-0.15, -0.1) is 16.4 Å². The molecule has 0 bridgehead atoms. The van der Waals surface area contributed by atoms with E-state index in [1.165, 1.54) is 0 Å². The zero-order valence-corrected chi connectivity index (χ0v) is 14.0. The Kier molecular flexibility index (Phi) is 6.45. The Bertz CT molecular complexity index is 690. The number of thiazole rings is 1. The van der Waals surface area contributed by atoms with E-state index in [-0.39, 0.29) is 6.10 Å². The van der Waals surface area contributed by atoms with E-state index in [0.717, 1.165) is 36.0 Å². The third-order valence-electron chi connectivity index (χ3n) is 3.24. The summed E-state index contributed by atoms with van der Waals surface area (Å²) < 4.78 is 39.5. The van der Waals surface area contributed by atoms with Crippen LogP contribution in [0.4, 0.5) is 13.2 Å². The molecule has 0 spiro atoms. The first-order valence-corrected chi connectivity index (χ1v) is 8.05. The average molecular weight is 379 g/mol. The summed E-state index contributed by atoms with van der Waals surface area (Å²) in [4.78, 5) is 13.1. The van der Waals surface area contributed by atoms with E-state index >= 15 is 0 Å². The van der Waals surface area contributed by atoms with Crippen molar-refractivity contribution in [1.82, 2.24) is 25.3 Å². The van der Waals surface area contributed by atoms with Gasteiger partial charge in [-0.3, -0.25) is 0 Å². The number of carboxylic acids is 1. The number of hydrogen-bond donors (Lipinski definition) is 2. The number of alkyl halides is 3. The van der Waals surface area contributed by atoms with E-state index in [2.05, 4.69) is 20.6 Å². The van der Waals surface area contributed by atoms with Crippen LogP contribution in [0.25, 0.3) is 0 Å². The Hall–Kier alpha value is -2.05. The van der Waals surface area contributed by atoms with Crippen LogP contribution >= 0.6 is 11.3 Å². The Balaban J connectivity index is 0.000000277. The largest absolute Gasteiger partial charge is 0.490 e. The van der Waals surface area contributed by atoms with Gasteiger partial charge in [0.25, 0.3) is 0 Å². The first-order valence-electron chi connectivity index (χ1n) is 7.17. The quantitative estimate of drug-likeness (QED) is 0.827. The number of nitrogens with zero attached hydrogens (tertiary/aromatic N) is 4. The van der Waals surface area contributed by atoms with Crippen molar-refractivity contribution in [2.45, 2.75) is 38.9 Å². The van der Waals surface area contributed by atoms with Crippen molar-refractivity contribution >= 4 is 17.3 Å². The van der Waals surface area contributed by atoms with Gasteiger partial charge >= 0.3 is 12.1 Å². The number of ether oxygens (including phenoxy) is 1. The van der Waals surface area contributed by atoms with E-state index in [4.69, 9.17) is 14.6 Å². The predicted octanol–water partition coefficient (Wildman–Crippen LogP) is 1.36. The molecule has 1 unspecified atom stereocenters. The summed E-state index contributed by atoms with van der Waals surface area (Å²) in [6.07, 6.45) is -3.11. The number of hydrogen-bond acceptors (Lipinski definition) is 7. The SMILES string of the molecule is Cc1nnn2c1COC(CNCc1nccs1)C2.O=C(O)C(F)(F)F. The molecule has 0 fully saturated rings. The smallest absolute Gasteiger partial charge is 0.475 e. The summed E-state index contributed by atoms with van der Waals surface area (Å²) in [7, 11) is 0. The highest BCUT2D eigenvalue weighted by molar-refractivity contribution is 7.09. The van der Waals surface area contributed by atoms with Crippen molar-refractivity contribution in [3.63, 3.8) is 0 Å². The molecule has 0 aliphatic carbocycles. The van der Waals surface area contributed by atoms with Crippen molar-refractivity contribution in [3.8, 4) is 0 Å². The number of carbonyl (C=O) groups is 1. The molecule has 0 saturated heterocycles. The fraction of sp³-hybridized carbons (Fsp3) is 0.538. The molecule has 0 radical (unpaired) electrons. The molecule has 3 heterocycles. The van der Waals surface area contributed by atoms with Gasteiger partial charge in [0.2, 0.25) is 0 Å². The van der Waals surface area contributed by atoms with Crippen LogP contribution in [0.2, 0.25) is 0 Å². The van der Waals surface area contributed by atoms with Gasteiger partial charge in [-0.05, 0) is 6.92 Å². The maximum Gasteiger partial charge on any atom is 0.490 e. The fourth-order valence-electron chi connectivity index (χ4n) is 1.99. The molecule has 138 valence electrons. The standard InChI is InChI=1S/C11H15N5OS.C2HF3O2/c1-8-10-7-17-9(6-16(10)15-14-8)4-12-5-11-13-2-3-18-11;3-2(4,5)1(6)7/h2-3,9,12H,4-7H2,1H3;(H,6,7). The summed E-state index contributed by atoms with van der Waals surface area (Å²) in [5, 5.41) is 21.7. The van der Waals surface area contributed by atoms with Crippen molar-refractivity contribution in [2.24, 2.45) is 0 Å². The normalized spacial score (nSPS) is 16.7. The van der Waals surface area contributed by atoms with Gasteiger partial charge in [-0.2, -0.15) is 13.2 Å². The number of rotatable bonds is 4. The lowest BCUT2D eigenvalue weighted by molar-refractivity contribution is -0.192. The second-order valence-corrected chi connectivity index (χ2v) is 6.08. The zero-order valence-electron chi connectivity index (χ0n) is 13.2. The number of fused-ring (bicyclic) bond motifs is 1. The number of nitrogens with one attached hydrogen (secondary N) is 1. The minimum absolute atomic E-state index is 0.151. The maximum atomic E-state index is 10.6. The molecule has 2 aromatic rings. The summed E-state index contributed by atoms with van der Waals surface area (Å²) in [5.41, 5.74) is 2.05. The number of carboxylic acid groups (broad SMARTS) is 1. The van der Waals surface area contributed by atoms with Crippen LogP contribution in [0, 0.1) is 6.92 Å². The van der Waals surface area contributed by atoms with Gasteiger partial charge in [0.15, 0.2) is 0 Å². The highest BCUT2D eigenvalue weighted by atomic mass is 32.1. The average Bonchev–Trinajstić information content (AvgIpc) is 3.17. The van der Waals surface area contributed by atoms with Gasteiger partial charge in [0.05, 0.1) is 30.6 Å². The second-order valence-electron chi connectivity index (χ2n) is 5.10. The van der Waals surface area contributed by atoms with Crippen molar-refractivity contribution in [2.75, 3.05) is 6.54 Å². The van der Waals surface area contributed by atoms with Gasteiger partial charge in [0.1, 0.15) is 5.01 Å². The van der Waals surface area contributed by atoms with Gasteiger partial charge in [-0.25, -0.2) is 14.5 Å². The van der Waals surface area contributed by atoms with E-state index < -0.39 is 12.1 Å². The summed E-state index contributed by atoms with van der Waals surface area (Å²) in [5.74, 6) is -2.76. The number of aryl methyl sites for hydroxylation is 1. The molecular formula is C13H16F3N5O3S. The molecule has 0 amide bonds. The van der Waals surface area contributed by atoms with Crippen LogP contribution in [0.15, 0.2) is 11.6 Å². The van der Waals surface area contributed by atoms with Gasteiger partial charge < -0.3 is 15.2 Å². The van der Waals surface area contributed by atoms with Crippen LogP contribution < -0.4 is 5.32 Å². The minimum atomic E-state index is -5.08.